The quantitative estimate of drug-likeness (QED) is 0.749. The highest BCUT2D eigenvalue weighted by atomic mass is 35.5. The van der Waals surface area contributed by atoms with Crippen LogP contribution in [-0.4, -0.2) is 17.0 Å². The van der Waals surface area contributed by atoms with Crippen LogP contribution < -0.4 is 5.32 Å². The first kappa shape index (κ1) is 13.2. The predicted octanol–water partition coefficient (Wildman–Crippen LogP) is 4.65. The monoisotopic (exact) mass is 303 g/mol. The fraction of sp³-hybridized carbons (Fsp3) is 0.0667. The molecule has 0 saturated heterocycles. The van der Waals surface area contributed by atoms with E-state index in [1.54, 1.807) is 19.3 Å². The highest BCUT2D eigenvalue weighted by Crippen LogP contribution is 2.35. The molecular weight excluding hydrogens is 293 g/mol. The standard InChI is InChI=1S/C15H11Cl2N3/c1-18-15-13(17)6-12(16)14(20-15)11-8-19-7-9-4-2-3-5-10(9)11/h2-8H,1H3,(H,18,20). The highest BCUT2D eigenvalue weighted by Gasteiger charge is 2.13. The molecule has 3 nitrogen and oxygen atoms in total. The van der Waals surface area contributed by atoms with Crippen molar-refractivity contribution in [1.82, 2.24) is 9.97 Å². The lowest BCUT2D eigenvalue weighted by atomic mass is 10.1. The summed E-state index contributed by atoms with van der Waals surface area (Å²) in [6.45, 7) is 0. The lowest BCUT2D eigenvalue weighted by Gasteiger charge is -2.10. The summed E-state index contributed by atoms with van der Waals surface area (Å²) in [5.74, 6) is 0.596. The van der Waals surface area contributed by atoms with Crippen LogP contribution in [0.15, 0.2) is 42.7 Å². The van der Waals surface area contributed by atoms with E-state index in [9.17, 15) is 0 Å². The number of aromatic nitrogens is 2. The summed E-state index contributed by atoms with van der Waals surface area (Å²) < 4.78 is 0. The summed E-state index contributed by atoms with van der Waals surface area (Å²) >= 11 is 12.4. The van der Waals surface area contributed by atoms with Crippen LogP contribution in [-0.2, 0) is 0 Å². The van der Waals surface area contributed by atoms with Gasteiger partial charge in [0.1, 0.15) is 5.82 Å². The van der Waals surface area contributed by atoms with Crippen molar-refractivity contribution in [3.05, 3.63) is 52.8 Å². The Morgan fingerprint density at radius 3 is 2.65 bits per heavy atom. The van der Waals surface area contributed by atoms with Crippen molar-refractivity contribution in [3.63, 3.8) is 0 Å². The van der Waals surface area contributed by atoms with E-state index in [0.29, 0.717) is 21.6 Å². The van der Waals surface area contributed by atoms with Crippen molar-refractivity contribution in [2.24, 2.45) is 0 Å². The summed E-state index contributed by atoms with van der Waals surface area (Å²) in [5, 5.41) is 6.06. The zero-order valence-corrected chi connectivity index (χ0v) is 12.2. The molecule has 3 rings (SSSR count). The molecule has 0 aliphatic carbocycles. The van der Waals surface area contributed by atoms with Crippen LogP contribution >= 0.6 is 23.2 Å². The van der Waals surface area contributed by atoms with E-state index in [-0.39, 0.29) is 0 Å². The predicted molar refractivity (Wildman–Crippen MR) is 84.5 cm³/mol. The first-order valence-electron chi connectivity index (χ1n) is 6.07. The molecule has 2 heterocycles. The number of benzene rings is 1. The van der Waals surface area contributed by atoms with Gasteiger partial charge in [0.25, 0.3) is 0 Å². The van der Waals surface area contributed by atoms with E-state index in [1.165, 1.54) is 0 Å². The fourth-order valence-electron chi connectivity index (χ4n) is 2.14. The van der Waals surface area contributed by atoms with Gasteiger partial charge in [0.05, 0.1) is 15.7 Å². The molecule has 0 spiro atoms. The number of nitrogens with one attached hydrogen (secondary N) is 1. The van der Waals surface area contributed by atoms with E-state index < -0.39 is 0 Å². The summed E-state index contributed by atoms with van der Waals surface area (Å²) in [6, 6.07) is 9.68. The van der Waals surface area contributed by atoms with Crippen molar-refractivity contribution < 1.29 is 0 Å². The minimum atomic E-state index is 0.495. The molecule has 5 heteroatoms. The first-order chi connectivity index (χ1) is 9.70. The molecule has 20 heavy (non-hydrogen) atoms. The maximum atomic E-state index is 6.29. The van der Waals surface area contributed by atoms with E-state index >= 15 is 0 Å². The SMILES string of the molecule is CNc1nc(-c2cncc3ccccc23)c(Cl)cc1Cl. The molecule has 0 saturated carbocycles. The molecule has 0 fully saturated rings. The van der Waals surface area contributed by atoms with E-state index in [4.69, 9.17) is 23.2 Å². The summed E-state index contributed by atoms with van der Waals surface area (Å²) in [6.07, 6.45) is 3.59. The molecule has 0 radical (unpaired) electrons. The van der Waals surface area contributed by atoms with Gasteiger partial charge in [-0.3, -0.25) is 4.98 Å². The van der Waals surface area contributed by atoms with Crippen LogP contribution in [0, 0.1) is 0 Å². The summed E-state index contributed by atoms with van der Waals surface area (Å²) in [7, 11) is 1.77. The number of nitrogens with zero attached hydrogens (tertiary/aromatic N) is 2. The molecule has 0 bridgehead atoms. The van der Waals surface area contributed by atoms with Gasteiger partial charge in [-0.1, -0.05) is 47.5 Å². The van der Waals surface area contributed by atoms with Crippen molar-refractivity contribution in [1.29, 1.82) is 0 Å². The zero-order valence-electron chi connectivity index (χ0n) is 10.7. The van der Waals surface area contributed by atoms with Crippen LogP contribution in [0.1, 0.15) is 0 Å². The van der Waals surface area contributed by atoms with Crippen molar-refractivity contribution in [2.75, 3.05) is 12.4 Å². The van der Waals surface area contributed by atoms with Crippen LogP contribution in [0.3, 0.4) is 0 Å². The molecule has 100 valence electrons. The smallest absolute Gasteiger partial charge is 0.145 e. The third-order valence-corrected chi connectivity index (χ3v) is 3.67. The zero-order chi connectivity index (χ0) is 14.1. The topological polar surface area (TPSA) is 37.8 Å². The van der Waals surface area contributed by atoms with Gasteiger partial charge in [-0.25, -0.2) is 4.98 Å². The van der Waals surface area contributed by atoms with Gasteiger partial charge in [-0.2, -0.15) is 0 Å². The summed E-state index contributed by atoms with van der Waals surface area (Å²) in [5.41, 5.74) is 1.56. The van der Waals surface area contributed by atoms with Gasteiger partial charge in [0, 0.05) is 30.4 Å². The van der Waals surface area contributed by atoms with Gasteiger partial charge < -0.3 is 5.32 Å². The first-order valence-corrected chi connectivity index (χ1v) is 6.83. The Morgan fingerprint density at radius 1 is 1.05 bits per heavy atom. The van der Waals surface area contributed by atoms with Crippen molar-refractivity contribution in [2.45, 2.75) is 0 Å². The second-order valence-corrected chi connectivity index (χ2v) is 5.12. The van der Waals surface area contributed by atoms with E-state index in [0.717, 1.165) is 16.3 Å². The maximum absolute atomic E-state index is 6.29. The molecule has 3 aromatic rings. The normalized spacial score (nSPS) is 10.8. The minimum Gasteiger partial charge on any atom is -0.372 e. The molecule has 1 N–H and O–H groups in total. The molecule has 0 aliphatic heterocycles. The average Bonchev–Trinajstić information content (AvgIpc) is 2.47. The second-order valence-electron chi connectivity index (χ2n) is 4.31. The number of halogens is 2. The van der Waals surface area contributed by atoms with Gasteiger partial charge in [0.15, 0.2) is 0 Å². The Morgan fingerprint density at radius 2 is 1.85 bits per heavy atom. The third-order valence-electron chi connectivity index (χ3n) is 3.09. The highest BCUT2D eigenvalue weighted by molar-refractivity contribution is 6.37. The number of pyridine rings is 2. The van der Waals surface area contributed by atoms with Crippen LogP contribution in [0.4, 0.5) is 5.82 Å². The number of hydrogen-bond acceptors (Lipinski definition) is 3. The van der Waals surface area contributed by atoms with Crippen LogP contribution in [0.25, 0.3) is 22.0 Å². The van der Waals surface area contributed by atoms with Gasteiger partial charge in [-0.15, -0.1) is 0 Å². The Bertz CT molecular complexity index is 782. The molecule has 0 amide bonds. The third kappa shape index (κ3) is 2.19. The Kier molecular flexibility index (Phi) is 3.47. The average molecular weight is 304 g/mol. The van der Waals surface area contributed by atoms with Crippen LogP contribution in [0.2, 0.25) is 10.0 Å². The van der Waals surface area contributed by atoms with E-state index in [2.05, 4.69) is 15.3 Å². The number of fused-ring (bicyclic) bond motifs is 1. The number of anilines is 1. The molecule has 0 atom stereocenters. The Balaban J connectivity index is 2.31. The lowest BCUT2D eigenvalue weighted by Crippen LogP contribution is -1.96. The largest absolute Gasteiger partial charge is 0.372 e. The molecule has 2 aromatic heterocycles. The number of rotatable bonds is 2. The van der Waals surface area contributed by atoms with Gasteiger partial charge in [-0.05, 0) is 11.5 Å². The number of hydrogen-bond donors (Lipinski definition) is 1. The van der Waals surface area contributed by atoms with Crippen molar-refractivity contribution in [3.8, 4) is 11.3 Å². The minimum absolute atomic E-state index is 0.495. The molecule has 0 unspecified atom stereocenters. The Hall–Kier alpha value is -1.84. The Labute approximate surface area is 126 Å². The fourth-order valence-corrected chi connectivity index (χ4v) is 2.69. The molecular formula is C15H11Cl2N3. The maximum Gasteiger partial charge on any atom is 0.145 e. The molecule has 0 aliphatic rings. The van der Waals surface area contributed by atoms with Gasteiger partial charge in [0.2, 0.25) is 0 Å². The van der Waals surface area contributed by atoms with Gasteiger partial charge >= 0.3 is 0 Å². The van der Waals surface area contributed by atoms with Crippen LogP contribution in [0.5, 0.6) is 0 Å². The van der Waals surface area contributed by atoms with E-state index in [1.807, 2.05) is 30.5 Å². The lowest BCUT2D eigenvalue weighted by molar-refractivity contribution is 1.27. The van der Waals surface area contributed by atoms with Crippen molar-refractivity contribution >= 4 is 39.8 Å². The second kappa shape index (κ2) is 5.27. The molecule has 1 aromatic carbocycles. The summed E-state index contributed by atoms with van der Waals surface area (Å²) in [4.78, 5) is 8.75.